The summed E-state index contributed by atoms with van der Waals surface area (Å²) in [4.78, 5) is 21.7. The minimum absolute atomic E-state index is 0.315. The number of carboxylic acids is 1. The van der Waals surface area contributed by atoms with Gasteiger partial charge in [-0.05, 0) is 0 Å². The Morgan fingerprint density at radius 2 is 2.16 bits per heavy atom. The van der Waals surface area contributed by atoms with Gasteiger partial charge in [0.15, 0.2) is 9.84 Å². The molecule has 0 bridgehead atoms. The molecular weight excluding hydrogens is 274 g/mol. The summed E-state index contributed by atoms with van der Waals surface area (Å²) in [5.41, 5.74) is 0.467. The SMILES string of the molecule is CC(=O)N[C@@H](CS(=O)(=O)Cc1cnn(C)c1)C(=O)O. The summed E-state index contributed by atoms with van der Waals surface area (Å²) in [6.45, 7) is 1.13. The lowest BCUT2D eigenvalue weighted by atomic mass is 10.3. The van der Waals surface area contributed by atoms with Gasteiger partial charge in [-0.15, -0.1) is 0 Å². The number of carbonyl (C=O) groups is 2. The van der Waals surface area contributed by atoms with E-state index in [9.17, 15) is 18.0 Å². The molecule has 0 radical (unpaired) electrons. The van der Waals surface area contributed by atoms with Crippen molar-refractivity contribution in [2.75, 3.05) is 5.75 Å². The number of carboxylic acid groups (broad SMARTS) is 1. The first-order valence-corrected chi connectivity index (χ1v) is 7.19. The highest BCUT2D eigenvalue weighted by molar-refractivity contribution is 7.90. The maximum absolute atomic E-state index is 11.9. The van der Waals surface area contributed by atoms with E-state index in [1.165, 1.54) is 17.1 Å². The van der Waals surface area contributed by atoms with E-state index >= 15 is 0 Å². The Bertz CT molecular complexity index is 578. The predicted molar refractivity (Wildman–Crippen MR) is 65.9 cm³/mol. The van der Waals surface area contributed by atoms with Crippen LogP contribution < -0.4 is 5.32 Å². The van der Waals surface area contributed by atoms with E-state index in [1.807, 2.05) is 0 Å². The van der Waals surface area contributed by atoms with Crippen LogP contribution in [-0.2, 0) is 32.2 Å². The molecule has 106 valence electrons. The van der Waals surface area contributed by atoms with Crippen LogP contribution in [0.15, 0.2) is 12.4 Å². The Balaban J connectivity index is 2.76. The van der Waals surface area contributed by atoms with Gasteiger partial charge in [0.05, 0.1) is 17.7 Å². The van der Waals surface area contributed by atoms with Gasteiger partial charge >= 0.3 is 5.97 Å². The van der Waals surface area contributed by atoms with Crippen molar-refractivity contribution in [1.82, 2.24) is 15.1 Å². The molecule has 8 nitrogen and oxygen atoms in total. The number of aryl methyl sites for hydroxylation is 1. The normalized spacial score (nSPS) is 12.9. The van der Waals surface area contributed by atoms with Gasteiger partial charge in [0.25, 0.3) is 0 Å². The van der Waals surface area contributed by atoms with Crippen molar-refractivity contribution in [3.05, 3.63) is 18.0 Å². The van der Waals surface area contributed by atoms with Gasteiger partial charge in [-0.1, -0.05) is 0 Å². The fraction of sp³-hybridized carbons (Fsp3) is 0.500. The van der Waals surface area contributed by atoms with Crippen molar-refractivity contribution in [2.24, 2.45) is 7.05 Å². The average molecular weight is 289 g/mol. The van der Waals surface area contributed by atoms with Crippen molar-refractivity contribution in [1.29, 1.82) is 0 Å². The van der Waals surface area contributed by atoms with Crippen LogP contribution in [-0.4, -0.2) is 47.0 Å². The largest absolute Gasteiger partial charge is 0.480 e. The lowest BCUT2D eigenvalue weighted by Crippen LogP contribution is -2.44. The number of hydrogen-bond acceptors (Lipinski definition) is 5. The van der Waals surface area contributed by atoms with Crippen LogP contribution in [0, 0.1) is 0 Å². The van der Waals surface area contributed by atoms with Gasteiger partial charge in [-0.25, -0.2) is 13.2 Å². The zero-order valence-electron chi connectivity index (χ0n) is 10.5. The molecule has 0 saturated carbocycles. The minimum atomic E-state index is -3.66. The summed E-state index contributed by atoms with van der Waals surface area (Å²) in [5.74, 6) is -2.95. The number of amides is 1. The summed E-state index contributed by atoms with van der Waals surface area (Å²) in [6, 6.07) is -1.45. The lowest BCUT2D eigenvalue weighted by molar-refractivity contribution is -0.140. The second-order valence-corrected chi connectivity index (χ2v) is 6.28. The molecule has 1 heterocycles. The second-order valence-electron chi connectivity index (χ2n) is 4.17. The molecular formula is C10H15N3O5S. The average Bonchev–Trinajstić information content (AvgIpc) is 2.60. The molecule has 0 aromatic carbocycles. The smallest absolute Gasteiger partial charge is 0.327 e. The number of hydrogen-bond donors (Lipinski definition) is 2. The molecule has 1 rings (SSSR count). The third kappa shape index (κ3) is 5.08. The van der Waals surface area contributed by atoms with E-state index in [2.05, 4.69) is 10.4 Å². The second kappa shape index (κ2) is 5.83. The number of carbonyl (C=O) groups excluding carboxylic acids is 1. The summed E-state index contributed by atoms with van der Waals surface area (Å²) in [6.07, 6.45) is 2.93. The van der Waals surface area contributed by atoms with Crippen LogP contribution >= 0.6 is 0 Å². The molecule has 0 aliphatic rings. The zero-order chi connectivity index (χ0) is 14.6. The van der Waals surface area contributed by atoms with Crippen LogP contribution in [0.5, 0.6) is 0 Å². The van der Waals surface area contributed by atoms with Crippen molar-refractivity contribution >= 4 is 21.7 Å². The monoisotopic (exact) mass is 289 g/mol. The van der Waals surface area contributed by atoms with Crippen LogP contribution in [0.25, 0.3) is 0 Å². The quantitative estimate of drug-likeness (QED) is 0.688. The predicted octanol–water partition coefficient (Wildman–Crippen LogP) is -1.08. The molecule has 1 aromatic heterocycles. The first-order chi connectivity index (χ1) is 8.69. The van der Waals surface area contributed by atoms with Gasteiger partial charge in [-0.3, -0.25) is 9.48 Å². The first-order valence-electron chi connectivity index (χ1n) is 5.37. The number of nitrogens with one attached hydrogen (secondary N) is 1. The third-order valence-electron chi connectivity index (χ3n) is 2.24. The van der Waals surface area contributed by atoms with Crippen LogP contribution in [0.3, 0.4) is 0 Å². The topological polar surface area (TPSA) is 118 Å². The Kier molecular flexibility index (Phi) is 4.65. The molecule has 1 aromatic rings. The molecule has 1 amide bonds. The molecule has 0 fully saturated rings. The fourth-order valence-electron chi connectivity index (χ4n) is 1.53. The summed E-state index contributed by atoms with van der Waals surface area (Å²) in [5, 5.41) is 14.8. The van der Waals surface area contributed by atoms with Gasteiger partial charge in [0, 0.05) is 25.7 Å². The molecule has 2 N–H and O–H groups in total. The third-order valence-corrected chi connectivity index (χ3v) is 3.86. The standard InChI is InChI=1S/C10H15N3O5S/c1-7(14)12-9(10(15)16)6-19(17,18)5-8-3-11-13(2)4-8/h3-4,9H,5-6H2,1-2H3,(H,12,14)(H,15,16)/t9-/m0/s1. The highest BCUT2D eigenvalue weighted by Crippen LogP contribution is 2.07. The molecule has 1 atom stereocenters. The van der Waals surface area contributed by atoms with E-state index in [-0.39, 0.29) is 5.75 Å². The van der Waals surface area contributed by atoms with E-state index in [1.54, 1.807) is 7.05 Å². The lowest BCUT2D eigenvalue weighted by Gasteiger charge is -2.13. The highest BCUT2D eigenvalue weighted by atomic mass is 32.2. The Labute approximate surface area is 110 Å². The number of nitrogens with zero attached hydrogens (tertiary/aromatic N) is 2. The summed E-state index contributed by atoms with van der Waals surface area (Å²) < 4.78 is 25.2. The molecule has 0 aliphatic heterocycles. The van der Waals surface area contributed by atoms with Gasteiger partial charge in [0.2, 0.25) is 5.91 Å². The van der Waals surface area contributed by atoms with Crippen molar-refractivity contribution in [2.45, 2.75) is 18.7 Å². The highest BCUT2D eigenvalue weighted by Gasteiger charge is 2.26. The van der Waals surface area contributed by atoms with Gasteiger partial charge in [0.1, 0.15) is 6.04 Å². The van der Waals surface area contributed by atoms with Gasteiger partial charge in [-0.2, -0.15) is 5.10 Å². The number of aromatic nitrogens is 2. The van der Waals surface area contributed by atoms with E-state index in [0.717, 1.165) is 6.92 Å². The van der Waals surface area contributed by atoms with Crippen molar-refractivity contribution < 1.29 is 23.1 Å². The summed E-state index contributed by atoms with van der Waals surface area (Å²) in [7, 11) is -2.01. The number of rotatable bonds is 6. The minimum Gasteiger partial charge on any atom is -0.480 e. The molecule has 19 heavy (non-hydrogen) atoms. The molecule has 0 unspecified atom stereocenters. The maximum Gasteiger partial charge on any atom is 0.327 e. The van der Waals surface area contributed by atoms with E-state index < -0.39 is 33.5 Å². The van der Waals surface area contributed by atoms with Gasteiger partial charge < -0.3 is 10.4 Å². The Hall–Kier alpha value is -1.90. The fourth-order valence-corrected chi connectivity index (χ4v) is 3.04. The van der Waals surface area contributed by atoms with Crippen LogP contribution in [0.4, 0.5) is 0 Å². The molecule has 9 heteroatoms. The maximum atomic E-state index is 11.9. The van der Waals surface area contributed by atoms with E-state index in [0.29, 0.717) is 5.56 Å². The van der Waals surface area contributed by atoms with Crippen LogP contribution in [0.1, 0.15) is 12.5 Å². The van der Waals surface area contributed by atoms with Crippen molar-refractivity contribution in [3.63, 3.8) is 0 Å². The Morgan fingerprint density at radius 1 is 1.53 bits per heavy atom. The number of sulfone groups is 1. The van der Waals surface area contributed by atoms with Crippen molar-refractivity contribution in [3.8, 4) is 0 Å². The molecule has 0 spiro atoms. The first kappa shape index (κ1) is 15.2. The van der Waals surface area contributed by atoms with E-state index in [4.69, 9.17) is 5.11 Å². The zero-order valence-corrected chi connectivity index (χ0v) is 11.3. The Morgan fingerprint density at radius 3 is 2.58 bits per heavy atom. The van der Waals surface area contributed by atoms with Crippen LogP contribution in [0.2, 0.25) is 0 Å². The number of aliphatic carboxylic acids is 1. The molecule has 0 aliphatic carbocycles. The summed E-state index contributed by atoms with van der Waals surface area (Å²) >= 11 is 0. The molecule has 0 saturated heterocycles.